The van der Waals surface area contributed by atoms with Gasteiger partial charge in [-0.2, -0.15) is 0 Å². The van der Waals surface area contributed by atoms with Crippen molar-refractivity contribution in [2.45, 2.75) is 13.0 Å². The molecule has 19 heavy (non-hydrogen) atoms. The summed E-state index contributed by atoms with van der Waals surface area (Å²) >= 11 is 10.8. The maximum atomic E-state index is 13.0. The first-order valence-electron chi connectivity index (χ1n) is 5.64. The Kier molecular flexibility index (Phi) is 5.33. The van der Waals surface area contributed by atoms with Crippen LogP contribution in [0.2, 0.25) is 4.34 Å². The SMILES string of the molecule is Fc1cc(F)cc(CCNCc2cc(Br)c(Cl)s2)c1. The van der Waals surface area contributed by atoms with Crippen LogP contribution in [0.5, 0.6) is 0 Å². The van der Waals surface area contributed by atoms with E-state index in [4.69, 9.17) is 11.6 Å². The predicted octanol–water partition coefficient (Wildman–Crippen LogP) is 4.77. The van der Waals surface area contributed by atoms with Gasteiger partial charge in [0.05, 0.1) is 0 Å². The average molecular weight is 367 g/mol. The Labute approximate surface area is 127 Å². The monoisotopic (exact) mass is 365 g/mol. The second-order valence-electron chi connectivity index (χ2n) is 4.04. The zero-order chi connectivity index (χ0) is 13.8. The Balaban J connectivity index is 1.80. The summed E-state index contributed by atoms with van der Waals surface area (Å²) in [6.45, 7) is 1.34. The van der Waals surface area contributed by atoms with Gasteiger partial charge in [-0.25, -0.2) is 8.78 Å². The lowest BCUT2D eigenvalue weighted by molar-refractivity contribution is 0.577. The first-order valence-corrected chi connectivity index (χ1v) is 7.63. The molecule has 0 saturated carbocycles. The van der Waals surface area contributed by atoms with E-state index in [0.29, 0.717) is 25.1 Å². The summed E-state index contributed by atoms with van der Waals surface area (Å²) in [5.74, 6) is -1.08. The van der Waals surface area contributed by atoms with Crippen molar-refractivity contribution in [3.8, 4) is 0 Å². The first-order chi connectivity index (χ1) is 9.04. The smallest absolute Gasteiger partial charge is 0.126 e. The van der Waals surface area contributed by atoms with E-state index < -0.39 is 11.6 Å². The molecule has 1 N–H and O–H groups in total. The van der Waals surface area contributed by atoms with E-state index in [1.807, 2.05) is 6.07 Å². The molecule has 0 fully saturated rings. The molecule has 0 aliphatic rings. The van der Waals surface area contributed by atoms with Crippen molar-refractivity contribution < 1.29 is 8.78 Å². The fourth-order valence-corrected chi connectivity index (χ4v) is 3.44. The molecule has 1 aromatic carbocycles. The van der Waals surface area contributed by atoms with Crippen molar-refractivity contribution in [3.05, 3.63) is 55.1 Å². The van der Waals surface area contributed by atoms with Gasteiger partial charge >= 0.3 is 0 Å². The lowest BCUT2D eigenvalue weighted by Crippen LogP contribution is -2.16. The second kappa shape index (κ2) is 6.79. The average Bonchev–Trinajstić information content (AvgIpc) is 2.63. The molecule has 0 bridgehead atoms. The summed E-state index contributed by atoms with van der Waals surface area (Å²) < 4.78 is 27.6. The van der Waals surface area contributed by atoms with Crippen molar-refractivity contribution >= 4 is 38.9 Å². The Bertz CT molecular complexity index is 534. The fourth-order valence-electron chi connectivity index (χ4n) is 1.68. The number of hydrogen-bond acceptors (Lipinski definition) is 2. The van der Waals surface area contributed by atoms with E-state index >= 15 is 0 Å². The van der Waals surface area contributed by atoms with E-state index in [2.05, 4.69) is 21.2 Å². The highest BCUT2D eigenvalue weighted by Gasteiger charge is 2.04. The lowest BCUT2D eigenvalue weighted by atomic mass is 10.1. The van der Waals surface area contributed by atoms with E-state index in [-0.39, 0.29) is 0 Å². The number of halogens is 4. The summed E-state index contributed by atoms with van der Waals surface area (Å²) in [5, 5.41) is 3.22. The summed E-state index contributed by atoms with van der Waals surface area (Å²) in [6.07, 6.45) is 0.578. The van der Waals surface area contributed by atoms with Gasteiger partial charge in [0.15, 0.2) is 0 Å². The van der Waals surface area contributed by atoms with Gasteiger partial charge in [0.25, 0.3) is 0 Å². The quantitative estimate of drug-likeness (QED) is 0.751. The molecule has 1 heterocycles. The van der Waals surface area contributed by atoms with Gasteiger partial charge in [-0.15, -0.1) is 11.3 Å². The van der Waals surface area contributed by atoms with Gasteiger partial charge in [0, 0.05) is 22.0 Å². The van der Waals surface area contributed by atoms with Crippen LogP contribution in [0.3, 0.4) is 0 Å². The molecule has 0 aliphatic carbocycles. The molecule has 6 heteroatoms. The minimum absolute atomic E-state index is 0.538. The van der Waals surface area contributed by atoms with Gasteiger partial charge < -0.3 is 5.32 Å². The fraction of sp³-hybridized carbons (Fsp3) is 0.231. The van der Waals surface area contributed by atoms with Crippen LogP contribution in [0.4, 0.5) is 8.78 Å². The predicted molar refractivity (Wildman–Crippen MR) is 78.8 cm³/mol. The Hall–Kier alpha value is -0.490. The molecule has 0 radical (unpaired) electrons. The van der Waals surface area contributed by atoms with Gasteiger partial charge in [0.2, 0.25) is 0 Å². The molecule has 0 saturated heterocycles. The van der Waals surface area contributed by atoms with Gasteiger partial charge in [0.1, 0.15) is 16.0 Å². The highest BCUT2D eigenvalue weighted by molar-refractivity contribution is 9.10. The molecule has 2 rings (SSSR count). The van der Waals surface area contributed by atoms with Crippen molar-refractivity contribution in [2.24, 2.45) is 0 Å². The van der Waals surface area contributed by atoms with Crippen LogP contribution in [-0.4, -0.2) is 6.54 Å². The zero-order valence-electron chi connectivity index (χ0n) is 9.85. The van der Waals surface area contributed by atoms with Gasteiger partial charge in [-0.3, -0.25) is 0 Å². The molecule has 0 atom stereocenters. The van der Waals surface area contributed by atoms with Crippen LogP contribution >= 0.6 is 38.9 Å². The summed E-state index contributed by atoms with van der Waals surface area (Å²) in [7, 11) is 0. The van der Waals surface area contributed by atoms with E-state index in [0.717, 1.165) is 19.8 Å². The van der Waals surface area contributed by atoms with E-state index in [1.54, 1.807) is 0 Å². The maximum Gasteiger partial charge on any atom is 0.126 e. The normalized spacial score (nSPS) is 10.9. The van der Waals surface area contributed by atoms with Crippen molar-refractivity contribution in [2.75, 3.05) is 6.54 Å². The van der Waals surface area contributed by atoms with Crippen LogP contribution in [0.1, 0.15) is 10.4 Å². The number of rotatable bonds is 5. The molecular weight excluding hydrogens is 356 g/mol. The van der Waals surface area contributed by atoms with Crippen molar-refractivity contribution in [3.63, 3.8) is 0 Å². The molecule has 0 amide bonds. The van der Waals surface area contributed by atoms with Crippen molar-refractivity contribution in [1.82, 2.24) is 5.32 Å². The number of hydrogen-bond donors (Lipinski definition) is 1. The minimum Gasteiger partial charge on any atom is -0.312 e. The van der Waals surface area contributed by atoms with Crippen LogP contribution < -0.4 is 5.32 Å². The molecule has 0 spiro atoms. The van der Waals surface area contributed by atoms with Crippen LogP contribution in [0, 0.1) is 11.6 Å². The van der Waals surface area contributed by atoms with Crippen LogP contribution in [0.15, 0.2) is 28.7 Å². The molecule has 0 unspecified atom stereocenters. The Morgan fingerprint density at radius 1 is 1.16 bits per heavy atom. The third kappa shape index (κ3) is 4.53. The lowest BCUT2D eigenvalue weighted by Gasteiger charge is -2.04. The topological polar surface area (TPSA) is 12.0 Å². The Morgan fingerprint density at radius 2 is 1.84 bits per heavy atom. The first kappa shape index (κ1) is 14.9. The summed E-state index contributed by atoms with van der Waals surface area (Å²) in [6, 6.07) is 5.54. The standard InChI is InChI=1S/C13H11BrClF2NS/c14-12-6-11(19-13(12)15)7-18-2-1-8-3-9(16)5-10(17)4-8/h3-6,18H,1-2,7H2. The van der Waals surface area contributed by atoms with Crippen molar-refractivity contribution in [1.29, 1.82) is 0 Å². The Morgan fingerprint density at radius 3 is 2.42 bits per heavy atom. The number of nitrogens with one attached hydrogen (secondary N) is 1. The molecule has 2 aromatic rings. The molecule has 102 valence electrons. The zero-order valence-corrected chi connectivity index (χ0v) is 13.0. The molecule has 0 aliphatic heterocycles. The van der Waals surface area contributed by atoms with Crippen LogP contribution in [0.25, 0.3) is 0 Å². The molecule has 1 nitrogen and oxygen atoms in total. The van der Waals surface area contributed by atoms with E-state index in [9.17, 15) is 8.78 Å². The number of benzene rings is 1. The van der Waals surface area contributed by atoms with Crippen LogP contribution in [-0.2, 0) is 13.0 Å². The highest BCUT2D eigenvalue weighted by Crippen LogP contribution is 2.31. The molecule has 1 aromatic heterocycles. The molecular formula is C13H11BrClF2NS. The highest BCUT2D eigenvalue weighted by atomic mass is 79.9. The third-order valence-corrected chi connectivity index (χ3v) is 4.98. The summed E-state index contributed by atoms with van der Waals surface area (Å²) in [5.41, 5.74) is 0.649. The van der Waals surface area contributed by atoms with E-state index in [1.165, 1.54) is 23.5 Å². The largest absolute Gasteiger partial charge is 0.312 e. The maximum absolute atomic E-state index is 13.0. The second-order valence-corrected chi connectivity index (χ2v) is 6.63. The van der Waals surface area contributed by atoms with Gasteiger partial charge in [-0.05, 0) is 52.7 Å². The summed E-state index contributed by atoms with van der Waals surface area (Å²) in [4.78, 5) is 1.11. The minimum atomic E-state index is -0.538. The third-order valence-electron chi connectivity index (χ3n) is 2.51. The number of thiophene rings is 1. The van der Waals surface area contributed by atoms with Gasteiger partial charge in [-0.1, -0.05) is 11.6 Å².